The van der Waals surface area contributed by atoms with Crippen molar-refractivity contribution >= 4 is 40.6 Å². The van der Waals surface area contributed by atoms with Gasteiger partial charge < -0.3 is 20.2 Å². The van der Waals surface area contributed by atoms with Crippen LogP contribution < -0.4 is 0 Å². The van der Waals surface area contributed by atoms with Gasteiger partial charge in [-0.25, -0.2) is 14.7 Å². The molecular weight excluding hydrogens is 562 g/mol. The molecule has 0 amide bonds. The second-order valence-electron chi connectivity index (χ2n) is 8.01. The van der Waals surface area contributed by atoms with E-state index in [1.54, 1.807) is 0 Å². The standard InChI is InChI=1S/C21H19Cl3F3N7O3/c1-10(35)18-29-16(30-34(18)17-13(23)6-28-7-14(17)24)9-33-20(37)32(8-15(36)21(25,26)27)19(31-33)11-2-4-12(22)5-3-11/h2-7,10,15,20,35-37H,8-9H2,1H3/t10-,15+,20?/m1/s1. The highest BCUT2D eigenvalue weighted by atomic mass is 35.5. The van der Waals surface area contributed by atoms with E-state index in [1.807, 2.05) is 0 Å². The number of amidine groups is 1. The van der Waals surface area contributed by atoms with Crippen molar-refractivity contribution in [3.05, 3.63) is 68.9 Å². The zero-order valence-electron chi connectivity index (χ0n) is 18.9. The van der Waals surface area contributed by atoms with Crippen molar-refractivity contribution < 1.29 is 28.5 Å². The number of pyridine rings is 1. The maximum atomic E-state index is 13.1. The van der Waals surface area contributed by atoms with E-state index >= 15 is 0 Å². The Morgan fingerprint density at radius 2 is 1.68 bits per heavy atom. The third-order valence-corrected chi connectivity index (χ3v) is 6.09. The number of aliphatic hydroxyl groups is 3. The van der Waals surface area contributed by atoms with Gasteiger partial charge in [0.2, 0.25) is 6.35 Å². The molecular formula is C21H19Cl3F3N7O3. The number of aliphatic hydroxyl groups excluding tert-OH is 3. The van der Waals surface area contributed by atoms with Gasteiger partial charge in [0.15, 0.2) is 23.6 Å². The number of hydrogen-bond donors (Lipinski definition) is 3. The van der Waals surface area contributed by atoms with Gasteiger partial charge in [-0.1, -0.05) is 34.8 Å². The number of alkyl halides is 3. The minimum atomic E-state index is -4.92. The predicted molar refractivity (Wildman–Crippen MR) is 128 cm³/mol. The molecule has 1 aromatic carbocycles. The average molecular weight is 581 g/mol. The molecule has 1 aliphatic heterocycles. The number of nitrogens with zero attached hydrogens (tertiary/aromatic N) is 7. The average Bonchev–Trinajstić information content (AvgIpc) is 3.36. The lowest BCUT2D eigenvalue weighted by molar-refractivity contribution is -0.212. The van der Waals surface area contributed by atoms with Gasteiger partial charge in [-0.05, 0) is 31.2 Å². The lowest BCUT2D eigenvalue weighted by atomic mass is 10.2. The first-order valence-corrected chi connectivity index (χ1v) is 11.7. The van der Waals surface area contributed by atoms with E-state index in [1.165, 1.54) is 48.3 Å². The second-order valence-corrected chi connectivity index (χ2v) is 9.26. The Kier molecular flexibility index (Phi) is 7.83. The summed E-state index contributed by atoms with van der Waals surface area (Å²) in [6.07, 6.45) is -7.85. The van der Waals surface area contributed by atoms with Crippen LogP contribution in [0.15, 0.2) is 41.8 Å². The lowest BCUT2D eigenvalue weighted by Gasteiger charge is -2.29. The highest BCUT2D eigenvalue weighted by Crippen LogP contribution is 2.30. The number of hydrazone groups is 1. The molecule has 16 heteroatoms. The molecule has 10 nitrogen and oxygen atoms in total. The van der Waals surface area contributed by atoms with Crippen LogP contribution in [0.2, 0.25) is 15.1 Å². The third-order valence-electron chi connectivity index (χ3n) is 5.28. The number of aromatic nitrogens is 4. The van der Waals surface area contributed by atoms with Gasteiger partial charge in [0.1, 0.15) is 18.3 Å². The highest BCUT2D eigenvalue weighted by molar-refractivity contribution is 6.37. The van der Waals surface area contributed by atoms with E-state index in [0.29, 0.717) is 10.6 Å². The Morgan fingerprint density at radius 1 is 1.05 bits per heavy atom. The van der Waals surface area contributed by atoms with Gasteiger partial charge in [0, 0.05) is 23.0 Å². The van der Waals surface area contributed by atoms with Gasteiger partial charge in [0.05, 0.1) is 16.6 Å². The van der Waals surface area contributed by atoms with Gasteiger partial charge in [-0.15, -0.1) is 5.10 Å². The zero-order chi connectivity index (χ0) is 27.1. The summed E-state index contributed by atoms with van der Waals surface area (Å²) in [5.74, 6) is 0.0594. The Bertz CT molecular complexity index is 1280. The fourth-order valence-corrected chi connectivity index (χ4v) is 4.18. The second kappa shape index (κ2) is 10.6. The largest absolute Gasteiger partial charge is 0.416 e. The highest BCUT2D eigenvalue weighted by Gasteiger charge is 2.43. The van der Waals surface area contributed by atoms with Crippen LogP contribution in [-0.2, 0) is 6.54 Å². The molecule has 1 unspecified atom stereocenters. The van der Waals surface area contributed by atoms with Gasteiger partial charge in [-0.3, -0.25) is 4.98 Å². The predicted octanol–water partition coefficient (Wildman–Crippen LogP) is 3.35. The summed E-state index contributed by atoms with van der Waals surface area (Å²) in [6, 6.07) is 6.03. The van der Waals surface area contributed by atoms with Crippen molar-refractivity contribution in [2.45, 2.75) is 38.2 Å². The van der Waals surface area contributed by atoms with Crippen LogP contribution in [0.3, 0.4) is 0 Å². The van der Waals surface area contributed by atoms with Crippen molar-refractivity contribution in [3.63, 3.8) is 0 Å². The van der Waals surface area contributed by atoms with Crippen LogP contribution in [0.5, 0.6) is 0 Å². The SMILES string of the molecule is C[C@@H](O)c1nc(CN2N=C(c3ccc(Cl)cc3)N(C[C@H](O)C(F)(F)F)C2O)nn1-c1c(Cl)cncc1Cl. The number of halogens is 6. The van der Waals surface area contributed by atoms with Crippen LogP contribution in [-0.4, -0.2) is 76.0 Å². The summed E-state index contributed by atoms with van der Waals surface area (Å²) < 4.78 is 40.5. The Balaban J connectivity index is 1.70. The monoisotopic (exact) mass is 579 g/mol. The molecule has 0 aliphatic carbocycles. The summed E-state index contributed by atoms with van der Waals surface area (Å²) in [5.41, 5.74) is 0.550. The number of hydrogen-bond acceptors (Lipinski definition) is 9. The quantitative estimate of drug-likeness (QED) is 0.389. The van der Waals surface area contributed by atoms with Crippen molar-refractivity contribution in [2.75, 3.05) is 6.54 Å². The first kappa shape index (κ1) is 27.4. The molecule has 3 N–H and O–H groups in total. The first-order valence-electron chi connectivity index (χ1n) is 10.6. The Morgan fingerprint density at radius 3 is 2.24 bits per heavy atom. The van der Waals surface area contributed by atoms with Crippen LogP contribution in [0.4, 0.5) is 13.2 Å². The molecule has 3 atom stereocenters. The fraction of sp³-hybridized carbons (Fsp3) is 0.333. The maximum absolute atomic E-state index is 13.1. The fourth-order valence-electron chi connectivity index (χ4n) is 3.53. The minimum Gasteiger partial charge on any atom is -0.385 e. The number of rotatable bonds is 7. The molecule has 1 aliphatic rings. The van der Waals surface area contributed by atoms with E-state index in [2.05, 4.69) is 20.2 Å². The van der Waals surface area contributed by atoms with Crippen LogP contribution in [0.25, 0.3) is 5.69 Å². The number of benzene rings is 1. The third kappa shape index (κ3) is 5.76. The van der Waals surface area contributed by atoms with Gasteiger partial charge in [0.25, 0.3) is 0 Å². The lowest BCUT2D eigenvalue weighted by Crippen LogP contribution is -2.49. The summed E-state index contributed by atoms with van der Waals surface area (Å²) in [7, 11) is 0. The molecule has 0 fully saturated rings. The van der Waals surface area contributed by atoms with E-state index in [-0.39, 0.29) is 39.8 Å². The molecule has 3 heterocycles. The number of β-amino-alcohol motifs (C(OH)–C–C–N with tert-alkyl or cyclic N) is 1. The van der Waals surface area contributed by atoms with Gasteiger partial charge in [-0.2, -0.15) is 18.3 Å². The smallest absolute Gasteiger partial charge is 0.385 e. The normalized spacial score (nSPS) is 17.8. The summed E-state index contributed by atoms with van der Waals surface area (Å²) in [6.45, 7) is 0.157. The van der Waals surface area contributed by atoms with Crippen molar-refractivity contribution in [3.8, 4) is 5.69 Å². The molecule has 3 aromatic rings. The molecule has 0 saturated heterocycles. The topological polar surface area (TPSA) is 123 Å². The van der Waals surface area contributed by atoms with E-state index in [9.17, 15) is 28.5 Å². The Hall–Kier alpha value is -2.68. The molecule has 0 bridgehead atoms. The van der Waals surface area contributed by atoms with Crippen LogP contribution in [0.1, 0.15) is 30.2 Å². The van der Waals surface area contributed by atoms with E-state index in [0.717, 1.165) is 9.91 Å². The van der Waals surface area contributed by atoms with Crippen molar-refractivity contribution in [2.24, 2.45) is 5.10 Å². The van der Waals surface area contributed by atoms with Crippen LogP contribution >= 0.6 is 34.8 Å². The van der Waals surface area contributed by atoms with E-state index in [4.69, 9.17) is 34.8 Å². The zero-order valence-corrected chi connectivity index (χ0v) is 21.1. The molecule has 198 valence electrons. The Labute approximate surface area is 223 Å². The summed E-state index contributed by atoms with van der Waals surface area (Å²) in [5, 5.41) is 41.0. The van der Waals surface area contributed by atoms with Crippen LogP contribution in [0, 0.1) is 0 Å². The molecule has 0 saturated carbocycles. The van der Waals surface area contributed by atoms with Crippen molar-refractivity contribution in [1.82, 2.24) is 29.7 Å². The van der Waals surface area contributed by atoms with Crippen molar-refractivity contribution in [1.29, 1.82) is 0 Å². The van der Waals surface area contributed by atoms with Gasteiger partial charge >= 0.3 is 6.18 Å². The van der Waals surface area contributed by atoms with E-state index < -0.39 is 31.3 Å². The molecule has 37 heavy (non-hydrogen) atoms. The maximum Gasteiger partial charge on any atom is 0.416 e. The minimum absolute atomic E-state index is 0.0383. The summed E-state index contributed by atoms with van der Waals surface area (Å²) >= 11 is 18.4. The molecule has 0 spiro atoms. The molecule has 0 radical (unpaired) electrons. The molecule has 4 rings (SSSR count). The first-order chi connectivity index (χ1) is 17.4. The molecule has 2 aromatic heterocycles. The summed E-state index contributed by atoms with van der Waals surface area (Å²) in [4.78, 5) is 9.05.